The third-order valence-electron chi connectivity index (χ3n) is 9.62. The molecule has 4 nitrogen and oxygen atoms in total. The quantitative estimate of drug-likeness (QED) is 0.188. The van der Waals surface area contributed by atoms with Crippen LogP contribution in [0.4, 0.5) is 0 Å². The molecule has 0 radical (unpaired) electrons. The molecule has 7 aromatic rings. The normalized spacial score (nSPS) is 12.4. The molecule has 0 spiro atoms. The van der Waals surface area contributed by atoms with E-state index in [9.17, 15) is 0 Å². The van der Waals surface area contributed by atoms with Crippen LogP contribution in [0.1, 0.15) is 22.8 Å². The molecule has 0 amide bonds. The van der Waals surface area contributed by atoms with Gasteiger partial charge in [0.05, 0.1) is 22.8 Å². The van der Waals surface area contributed by atoms with Crippen molar-refractivity contribution in [2.75, 3.05) is 0 Å². The molecule has 0 unspecified atom stereocenters. The summed E-state index contributed by atoms with van der Waals surface area (Å²) in [4.78, 5) is 18.2. The van der Waals surface area contributed by atoms with Gasteiger partial charge >= 0.3 is 0 Å². The highest BCUT2D eigenvalue weighted by molar-refractivity contribution is 6.35. The predicted molar refractivity (Wildman–Crippen MR) is 219 cm³/mol. The van der Waals surface area contributed by atoms with E-state index in [1.54, 1.807) is 0 Å². The van der Waals surface area contributed by atoms with Gasteiger partial charge in [-0.15, -0.1) is 0 Å². The van der Waals surface area contributed by atoms with E-state index in [1.165, 1.54) is 0 Å². The molecule has 252 valence electrons. The summed E-state index contributed by atoms with van der Waals surface area (Å²) in [5, 5.41) is 2.52. The topological polar surface area (TPSA) is 57.4 Å². The Hall–Kier alpha value is -5.10. The first kappa shape index (κ1) is 32.8. The molecule has 0 saturated heterocycles. The monoisotopic (exact) mass is 752 g/mol. The minimum atomic E-state index is 0.620. The minimum absolute atomic E-state index is 0.620. The van der Waals surface area contributed by atoms with Crippen LogP contribution in [0.5, 0.6) is 0 Å². The van der Waals surface area contributed by atoms with Gasteiger partial charge < -0.3 is 9.97 Å². The van der Waals surface area contributed by atoms with Crippen molar-refractivity contribution in [1.82, 2.24) is 19.9 Å². The number of nitrogens with one attached hydrogen (secondary N) is 2. The molecule has 8 bridgehead atoms. The summed E-state index contributed by atoms with van der Waals surface area (Å²) in [5.74, 6) is 0. The average Bonchev–Trinajstić information content (AvgIpc) is 3.99. The lowest BCUT2D eigenvalue weighted by Crippen LogP contribution is -1.90. The fourth-order valence-electron chi connectivity index (χ4n) is 7.30. The maximum absolute atomic E-state index is 6.94. The molecular formula is C44H28Cl4N4. The lowest BCUT2D eigenvalue weighted by atomic mass is 10.0. The molecule has 8 heteroatoms. The highest BCUT2D eigenvalue weighted by atomic mass is 35.5. The predicted octanol–water partition coefficient (Wildman–Crippen LogP) is 13.6. The lowest BCUT2D eigenvalue weighted by Gasteiger charge is -2.09. The van der Waals surface area contributed by atoms with Gasteiger partial charge in [-0.25, -0.2) is 4.98 Å². The molecule has 52 heavy (non-hydrogen) atoms. The van der Waals surface area contributed by atoms with Crippen molar-refractivity contribution < 1.29 is 0 Å². The second kappa shape index (κ2) is 13.5. The number of benzene rings is 4. The van der Waals surface area contributed by atoms with E-state index in [1.807, 2.05) is 109 Å². The summed E-state index contributed by atoms with van der Waals surface area (Å²) < 4.78 is 0. The summed E-state index contributed by atoms with van der Waals surface area (Å²) in [5.41, 5.74) is 14.0. The molecule has 0 atom stereocenters. The van der Waals surface area contributed by atoms with Crippen molar-refractivity contribution in [3.63, 3.8) is 0 Å². The number of aryl methyl sites for hydroxylation is 2. The second-order valence-corrected chi connectivity index (χ2v) is 14.3. The standard InChI is InChI=1S/C44H28Cl4N4/c45-29-13-5-1-9-25(29)41-33-17-19-35(49-33)42(26-10-2-6-14-30(26)46)37-21-23-39(51-37)44(28-12-4-8-16-32(28)48)40-24-22-38(52-40)43(36-20-18-34(41)50-36)27-11-3-7-15-31(27)47/h1-21,23,50-51H,22,24H2. The van der Waals surface area contributed by atoms with Gasteiger partial charge in [0.25, 0.3) is 0 Å². The third kappa shape index (κ3) is 5.73. The summed E-state index contributed by atoms with van der Waals surface area (Å²) >= 11 is 27.7. The van der Waals surface area contributed by atoms with Crippen LogP contribution in [-0.4, -0.2) is 19.9 Å². The molecule has 9 rings (SSSR count). The zero-order valence-electron chi connectivity index (χ0n) is 27.5. The molecule has 3 aromatic heterocycles. The molecule has 0 fully saturated rings. The van der Waals surface area contributed by atoms with Gasteiger partial charge in [0, 0.05) is 86.7 Å². The van der Waals surface area contributed by atoms with Gasteiger partial charge in [-0.05, 0) is 73.5 Å². The molecular weight excluding hydrogens is 726 g/mol. The van der Waals surface area contributed by atoms with Gasteiger partial charge in [-0.3, -0.25) is 4.98 Å². The highest BCUT2D eigenvalue weighted by Crippen LogP contribution is 2.42. The smallest absolute Gasteiger partial charge is 0.0737 e. The molecule has 5 heterocycles. The molecule has 2 N–H and O–H groups in total. The van der Waals surface area contributed by atoms with Crippen molar-refractivity contribution in [2.24, 2.45) is 0 Å². The maximum atomic E-state index is 6.94. The van der Waals surface area contributed by atoms with Crippen molar-refractivity contribution in [3.8, 4) is 44.5 Å². The van der Waals surface area contributed by atoms with Gasteiger partial charge in [0.1, 0.15) is 0 Å². The number of hydrogen-bond donors (Lipinski definition) is 2. The number of nitrogens with zero attached hydrogens (tertiary/aromatic N) is 2. The van der Waals surface area contributed by atoms with E-state index in [0.29, 0.717) is 32.9 Å². The second-order valence-electron chi connectivity index (χ2n) is 12.7. The zero-order chi connectivity index (χ0) is 35.3. The third-order valence-corrected chi connectivity index (χ3v) is 10.9. The number of hydrogen-bond acceptors (Lipinski definition) is 2. The van der Waals surface area contributed by atoms with Crippen molar-refractivity contribution in [1.29, 1.82) is 0 Å². The fraction of sp³-hybridized carbons (Fsp3) is 0.0455. The Labute approximate surface area is 320 Å². The molecule has 0 aliphatic carbocycles. The largest absolute Gasteiger partial charge is 0.354 e. The lowest BCUT2D eigenvalue weighted by molar-refractivity contribution is 1.03. The van der Waals surface area contributed by atoms with Crippen LogP contribution in [0, 0.1) is 0 Å². The van der Waals surface area contributed by atoms with Crippen LogP contribution >= 0.6 is 46.4 Å². The number of aromatic nitrogens is 4. The molecule has 4 aromatic carbocycles. The van der Waals surface area contributed by atoms with E-state index < -0.39 is 0 Å². The van der Waals surface area contributed by atoms with Crippen LogP contribution in [0.2, 0.25) is 20.1 Å². The van der Waals surface area contributed by atoms with E-state index in [0.717, 1.165) is 89.4 Å². The van der Waals surface area contributed by atoms with Crippen LogP contribution in [0.25, 0.3) is 78.7 Å². The van der Waals surface area contributed by atoms with Crippen molar-refractivity contribution in [2.45, 2.75) is 12.8 Å². The first-order valence-corrected chi connectivity index (χ1v) is 18.4. The van der Waals surface area contributed by atoms with E-state index in [-0.39, 0.29) is 0 Å². The molecule has 2 aliphatic heterocycles. The van der Waals surface area contributed by atoms with E-state index in [4.69, 9.17) is 56.4 Å². The first-order chi connectivity index (χ1) is 25.4. The van der Waals surface area contributed by atoms with E-state index in [2.05, 4.69) is 34.2 Å². The van der Waals surface area contributed by atoms with Crippen LogP contribution < -0.4 is 0 Å². The summed E-state index contributed by atoms with van der Waals surface area (Å²) in [6.07, 6.45) is 5.48. The summed E-state index contributed by atoms with van der Waals surface area (Å²) in [7, 11) is 0. The Morgan fingerprint density at radius 3 is 1.02 bits per heavy atom. The van der Waals surface area contributed by atoms with Crippen LogP contribution in [0.15, 0.2) is 121 Å². The van der Waals surface area contributed by atoms with Crippen LogP contribution in [0.3, 0.4) is 0 Å². The van der Waals surface area contributed by atoms with Crippen LogP contribution in [-0.2, 0) is 12.8 Å². The molecule has 0 saturated carbocycles. The molecule has 2 aliphatic rings. The number of rotatable bonds is 4. The van der Waals surface area contributed by atoms with Crippen molar-refractivity contribution >= 4 is 80.6 Å². The Balaban J connectivity index is 1.51. The Kier molecular flexibility index (Phi) is 8.49. The Bertz CT molecular complexity index is 2570. The van der Waals surface area contributed by atoms with Gasteiger partial charge in [0.15, 0.2) is 0 Å². The highest BCUT2D eigenvalue weighted by Gasteiger charge is 2.23. The Morgan fingerprint density at radius 1 is 0.365 bits per heavy atom. The SMILES string of the molecule is Clc1ccccc1-c1c2nc(c(-c3ccccc3Cl)c3ccc([nH]3)c(-c3ccccc3Cl)c3nc(c(-c4ccccc4Cl)c4ccc1[nH]4)CC3)C=C2. The van der Waals surface area contributed by atoms with Gasteiger partial charge in [-0.1, -0.05) is 119 Å². The zero-order valence-corrected chi connectivity index (χ0v) is 30.5. The average molecular weight is 755 g/mol. The van der Waals surface area contributed by atoms with Gasteiger partial charge in [-0.2, -0.15) is 0 Å². The number of halogens is 4. The number of fused-ring (bicyclic) bond motifs is 8. The van der Waals surface area contributed by atoms with E-state index >= 15 is 0 Å². The first-order valence-electron chi connectivity index (χ1n) is 16.9. The van der Waals surface area contributed by atoms with Crippen molar-refractivity contribution in [3.05, 3.63) is 164 Å². The van der Waals surface area contributed by atoms with Gasteiger partial charge in [0.2, 0.25) is 0 Å². The Morgan fingerprint density at radius 2 is 0.673 bits per heavy atom. The maximum Gasteiger partial charge on any atom is 0.0737 e. The number of H-pyrrole nitrogens is 2. The summed E-state index contributed by atoms with van der Waals surface area (Å²) in [6.45, 7) is 0. The minimum Gasteiger partial charge on any atom is -0.354 e. The summed E-state index contributed by atoms with van der Waals surface area (Å²) in [6, 6.07) is 39.8. The number of aromatic amines is 2. The fourth-order valence-corrected chi connectivity index (χ4v) is 8.22.